The monoisotopic (exact) mass is 205 g/mol. The van der Waals surface area contributed by atoms with Crippen LogP contribution in [-0.2, 0) is 0 Å². The van der Waals surface area contributed by atoms with E-state index in [0.717, 1.165) is 12.3 Å². The largest absolute Gasteiger partial charge is 0.330 e. The normalized spacial score (nSPS) is 23.2. The van der Waals surface area contributed by atoms with Crippen molar-refractivity contribution in [1.82, 2.24) is 4.90 Å². The summed E-state index contributed by atoms with van der Waals surface area (Å²) in [4.78, 5) is 13.4. The molecule has 0 aromatic carbocycles. The third kappa shape index (κ3) is 2.33. The molecule has 0 radical (unpaired) electrons. The third-order valence-corrected chi connectivity index (χ3v) is 3.45. The molecule has 1 fully saturated rings. The van der Waals surface area contributed by atoms with E-state index in [1.54, 1.807) is 0 Å². The molecule has 1 aliphatic rings. The Bertz CT molecular complexity index is 163. The average molecular weight is 205 g/mol. The molecule has 70 valence electrons. The predicted molar refractivity (Wildman–Crippen MR) is 57.0 cm³/mol. The van der Waals surface area contributed by atoms with Crippen molar-refractivity contribution < 1.29 is 4.79 Å². The number of carbonyl (C=O) groups excluding carboxylic acids is 1. The number of thioether (sulfide) groups is 2. The average Bonchev–Trinajstić information content (AvgIpc) is 2.52. The van der Waals surface area contributed by atoms with Gasteiger partial charge >= 0.3 is 0 Å². The highest BCUT2D eigenvalue weighted by molar-refractivity contribution is 8.12. The quantitative estimate of drug-likeness (QED) is 0.690. The van der Waals surface area contributed by atoms with E-state index in [2.05, 4.69) is 6.26 Å². The molecule has 0 bridgehead atoms. The van der Waals surface area contributed by atoms with Crippen molar-refractivity contribution in [3.05, 3.63) is 0 Å². The van der Waals surface area contributed by atoms with Crippen molar-refractivity contribution >= 4 is 28.8 Å². The molecule has 0 aromatic heterocycles. The minimum Gasteiger partial charge on any atom is -0.330 e. The van der Waals surface area contributed by atoms with Crippen molar-refractivity contribution in [3.63, 3.8) is 0 Å². The second-order valence-corrected chi connectivity index (χ2v) is 4.58. The van der Waals surface area contributed by atoms with Crippen molar-refractivity contribution in [2.45, 2.75) is 18.9 Å². The molecule has 2 nitrogen and oxygen atoms in total. The lowest BCUT2D eigenvalue weighted by atomic mass is 10.2. The fourth-order valence-electron chi connectivity index (χ4n) is 1.56. The van der Waals surface area contributed by atoms with Gasteiger partial charge < -0.3 is 4.90 Å². The molecule has 4 heteroatoms. The predicted octanol–water partition coefficient (Wildman–Crippen LogP) is 2.30. The lowest BCUT2D eigenvalue weighted by Crippen LogP contribution is -2.34. The number of amides is 1. The molecule has 1 rings (SSSR count). The standard InChI is InChI=1S/C8H15NOS2/c1-11-6-7-4-3-5-9(7)8(10)12-2/h7H,3-6H2,1-2H3. The zero-order valence-electron chi connectivity index (χ0n) is 7.58. The fourth-order valence-corrected chi connectivity index (χ4v) is 2.77. The number of hydrogen-bond acceptors (Lipinski definition) is 3. The molecule has 1 aliphatic heterocycles. The van der Waals surface area contributed by atoms with Crippen LogP contribution < -0.4 is 0 Å². The Hall–Kier alpha value is 0.170. The minimum atomic E-state index is 0.242. The Morgan fingerprint density at radius 1 is 1.58 bits per heavy atom. The summed E-state index contributed by atoms with van der Waals surface area (Å²) in [5.74, 6) is 1.09. The van der Waals surface area contributed by atoms with Crippen LogP contribution in [-0.4, -0.2) is 41.0 Å². The van der Waals surface area contributed by atoms with Crippen molar-refractivity contribution in [2.24, 2.45) is 0 Å². The third-order valence-electron chi connectivity index (χ3n) is 2.15. The summed E-state index contributed by atoms with van der Waals surface area (Å²) >= 11 is 3.16. The lowest BCUT2D eigenvalue weighted by molar-refractivity contribution is 0.222. The first kappa shape index (κ1) is 10.3. The van der Waals surface area contributed by atoms with Gasteiger partial charge in [0, 0.05) is 18.3 Å². The molecule has 12 heavy (non-hydrogen) atoms. The molecule has 1 saturated heterocycles. The molecule has 0 aromatic rings. The van der Waals surface area contributed by atoms with E-state index in [0.29, 0.717) is 6.04 Å². The Labute approximate surface area is 82.5 Å². The van der Waals surface area contributed by atoms with Crippen molar-refractivity contribution in [3.8, 4) is 0 Å². The highest BCUT2D eigenvalue weighted by atomic mass is 32.2. The van der Waals surface area contributed by atoms with Gasteiger partial charge in [0.25, 0.3) is 5.24 Å². The molecule has 0 aliphatic carbocycles. The van der Waals surface area contributed by atoms with Gasteiger partial charge in [-0.05, 0) is 25.4 Å². The van der Waals surface area contributed by atoms with Gasteiger partial charge in [-0.15, -0.1) is 0 Å². The highest BCUT2D eigenvalue weighted by Crippen LogP contribution is 2.23. The molecule has 1 atom stereocenters. The smallest absolute Gasteiger partial charge is 0.281 e. The Kier molecular flexibility index (Phi) is 4.29. The van der Waals surface area contributed by atoms with Crippen LogP contribution in [0, 0.1) is 0 Å². The SMILES string of the molecule is CSCC1CCCN1C(=O)SC. The summed E-state index contributed by atoms with van der Waals surface area (Å²) in [6, 6.07) is 0.500. The van der Waals surface area contributed by atoms with Crippen molar-refractivity contribution in [1.29, 1.82) is 0 Å². The van der Waals surface area contributed by atoms with Crippen LogP contribution in [0.1, 0.15) is 12.8 Å². The number of likely N-dealkylation sites (tertiary alicyclic amines) is 1. The summed E-state index contributed by atoms with van der Waals surface area (Å²) in [7, 11) is 0. The molecule has 1 heterocycles. The van der Waals surface area contributed by atoms with Gasteiger partial charge in [-0.2, -0.15) is 11.8 Å². The van der Waals surface area contributed by atoms with E-state index in [-0.39, 0.29) is 5.24 Å². The second kappa shape index (κ2) is 5.02. The topological polar surface area (TPSA) is 20.3 Å². The van der Waals surface area contributed by atoms with Crippen LogP contribution in [0.3, 0.4) is 0 Å². The number of carbonyl (C=O) groups is 1. The van der Waals surface area contributed by atoms with E-state index in [9.17, 15) is 4.79 Å². The van der Waals surface area contributed by atoms with Crippen LogP contribution in [0.15, 0.2) is 0 Å². The fraction of sp³-hybridized carbons (Fsp3) is 0.875. The van der Waals surface area contributed by atoms with Gasteiger partial charge in [0.1, 0.15) is 0 Å². The van der Waals surface area contributed by atoms with Gasteiger partial charge in [0.15, 0.2) is 0 Å². The molecule has 1 amide bonds. The molecular weight excluding hydrogens is 190 g/mol. The summed E-state index contributed by atoms with van der Waals surface area (Å²) < 4.78 is 0. The summed E-state index contributed by atoms with van der Waals surface area (Å²) in [5.41, 5.74) is 0. The Morgan fingerprint density at radius 3 is 2.92 bits per heavy atom. The highest BCUT2D eigenvalue weighted by Gasteiger charge is 2.27. The number of hydrogen-bond donors (Lipinski definition) is 0. The van der Waals surface area contributed by atoms with Crippen LogP contribution >= 0.6 is 23.5 Å². The van der Waals surface area contributed by atoms with Crippen LogP contribution in [0.25, 0.3) is 0 Å². The van der Waals surface area contributed by atoms with Crippen LogP contribution in [0.4, 0.5) is 4.79 Å². The lowest BCUT2D eigenvalue weighted by Gasteiger charge is -2.22. The Morgan fingerprint density at radius 2 is 2.33 bits per heavy atom. The van der Waals surface area contributed by atoms with E-state index in [4.69, 9.17) is 0 Å². The zero-order chi connectivity index (χ0) is 8.97. The first-order valence-electron chi connectivity index (χ1n) is 4.13. The molecule has 1 unspecified atom stereocenters. The maximum atomic E-state index is 11.4. The molecule has 0 spiro atoms. The van der Waals surface area contributed by atoms with Gasteiger partial charge in [-0.25, -0.2) is 0 Å². The maximum absolute atomic E-state index is 11.4. The van der Waals surface area contributed by atoms with E-state index in [1.165, 1.54) is 24.6 Å². The van der Waals surface area contributed by atoms with Gasteiger partial charge in [-0.1, -0.05) is 11.8 Å². The van der Waals surface area contributed by atoms with Crippen LogP contribution in [0.5, 0.6) is 0 Å². The minimum absolute atomic E-state index is 0.242. The number of rotatable bonds is 2. The molecule has 0 saturated carbocycles. The second-order valence-electron chi connectivity index (χ2n) is 2.91. The summed E-state index contributed by atoms with van der Waals surface area (Å²) in [6.07, 6.45) is 6.32. The first-order valence-corrected chi connectivity index (χ1v) is 6.75. The van der Waals surface area contributed by atoms with Crippen molar-refractivity contribution in [2.75, 3.05) is 24.8 Å². The van der Waals surface area contributed by atoms with E-state index < -0.39 is 0 Å². The summed E-state index contributed by atoms with van der Waals surface area (Å²) in [6.45, 7) is 0.963. The van der Waals surface area contributed by atoms with E-state index >= 15 is 0 Å². The van der Waals surface area contributed by atoms with Gasteiger partial charge in [0.2, 0.25) is 0 Å². The molecular formula is C8H15NOS2. The maximum Gasteiger partial charge on any atom is 0.281 e. The van der Waals surface area contributed by atoms with Gasteiger partial charge in [-0.3, -0.25) is 4.79 Å². The number of nitrogens with zero attached hydrogens (tertiary/aromatic N) is 1. The Balaban J connectivity index is 2.45. The summed E-state index contributed by atoms with van der Waals surface area (Å²) in [5, 5.41) is 0.242. The molecule has 0 N–H and O–H groups in total. The van der Waals surface area contributed by atoms with Gasteiger partial charge in [0.05, 0.1) is 0 Å². The first-order chi connectivity index (χ1) is 5.79. The zero-order valence-corrected chi connectivity index (χ0v) is 9.21. The van der Waals surface area contributed by atoms with E-state index in [1.807, 2.05) is 22.9 Å². The van der Waals surface area contributed by atoms with Crippen LogP contribution in [0.2, 0.25) is 0 Å².